The summed E-state index contributed by atoms with van der Waals surface area (Å²) >= 11 is 1.76. The summed E-state index contributed by atoms with van der Waals surface area (Å²) in [5.41, 5.74) is 14.8. The second-order valence-electron chi connectivity index (χ2n) is 8.06. The molecule has 1 spiro atoms. The Morgan fingerprint density at radius 3 is 2.61 bits per heavy atom. The molecule has 0 bridgehead atoms. The van der Waals surface area contributed by atoms with Crippen LogP contribution in [-0.4, -0.2) is 40.5 Å². The molecular formula is C23H25N5O2S. The van der Waals surface area contributed by atoms with Crippen molar-refractivity contribution in [1.29, 1.82) is 0 Å². The number of benzene rings is 1. The van der Waals surface area contributed by atoms with Crippen LogP contribution in [0.5, 0.6) is 0 Å². The number of thiophene rings is 1. The molecule has 4 heterocycles. The maximum atomic E-state index is 13.0. The molecule has 0 radical (unpaired) electrons. The Hall–Kier alpha value is -2.81. The van der Waals surface area contributed by atoms with Gasteiger partial charge in [0, 0.05) is 36.5 Å². The molecule has 160 valence electrons. The van der Waals surface area contributed by atoms with Crippen molar-refractivity contribution in [1.82, 2.24) is 14.9 Å². The van der Waals surface area contributed by atoms with Gasteiger partial charge < -0.3 is 21.1 Å². The van der Waals surface area contributed by atoms with Crippen molar-refractivity contribution < 1.29 is 9.53 Å². The molecule has 1 fully saturated rings. The summed E-state index contributed by atoms with van der Waals surface area (Å²) < 4.78 is 6.36. The number of nitrogen functional groups attached to an aromatic ring is 1. The molecule has 0 aliphatic carbocycles. The molecule has 8 heteroatoms. The molecule has 2 aliphatic rings. The Morgan fingerprint density at radius 1 is 1.16 bits per heavy atom. The molecular weight excluding hydrogens is 410 g/mol. The lowest BCUT2D eigenvalue weighted by atomic mass is 9.82. The van der Waals surface area contributed by atoms with E-state index in [-0.39, 0.29) is 11.5 Å². The van der Waals surface area contributed by atoms with E-state index in [4.69, 9.17) is 16.2 Å². The van der Waals surface area contributed by atoms with Crippen LogP contribution in [0.25, 0.3) is 10.6 Å². The lowest BCUT2D eigenvalue weighted by Gasteiger charge is -2.44. The number of piperidine rings is 1. The standard InChI is InChI=1S/C23H25N5O2S/c24-12-15-1-3-16(4-2-15)22(29)28-8-6-23(7-9-28)17-11-20(31-19(17)5-10-30-23)18-13-27-21(25)14-26-18/h1-4,11,13-14H,5-10,12,24H2,(H2,25,27). The first-order valence-electron chi connectivity index (χ1n) is 10.5. The molecule has 0 atom stereocenters. The van der Waals surface area contributed by atoms with Crippen molar-refractivity contribution in [2.24, 2.45) is 5.73 Å². The van der Waals surface area contributed by atoms with Gasteiger partial charge >= 0.3 is 0 Å². The van der Waals surface area contributed by atoms with Crippen molar-refractivity contribution >= 4 is 23.1 Å². The number of likely N-dealkylation sites (tertiary alicyclic amines) is 1. The van der Waals surface area contributed by atoms with E-state index >= 15 is 0 Å². The first kappa shape index (κ1) is 20.1. The Morgan fingerprint density at radius 2 is 1.94 bits per heavy atom. The fraction of sp³-hybridized carbons (Fsp3) is 0.348. The number of fused-ring (bicyclic) bond motifs is 2. The maximum Gasteiger partial charge on any atom is 0.253 e. The third-order valence-corrected chi connectivity index (χ3v) is 7.44. The number of hydrogen-bond donors (Lipinski definition) is 2. The van der Waals surface area contributed by atoms with Gasteiger partial charge in [-0.15, -0.1) is 11.3 Å². The number of carbonyl (C=O) groups is 1. The highest BCUT2D eigenvalue weighted by molar-refractivity contribution is 7.15. The largest absolute Gasteiger partial charge is 0.382 e. The molecule has 1 amide bonds. The van der Waals surface area contributed by atoms with Crippen LogP contribution in [0.15, 0.2) is 42.7 Å². The number of anilines is 1. The zero-order valence-corrected chi connectivity index (χ0v) is 18.0. The van der Waals surface area contributed by atoms with Crippen LogP contribution in [0, 0.1) is 0 Å². The van der Waals surface area contributed by atoms with Crippen LogP contribution in [0.4, 0.5) is 5.82 Å². The summed E-state index contributed by atoms with van der Waals surface area (Å²) in [7, 11) is 0. The number of nitrogens with two attached hydrogens (primary N) is 2. The number of aromatic nitrogens is 2. The van der Waals surface area contributed by atoms with Crippen molar-refractivity contribution in [3.8, 4) is 10.6 Å². The average Bonchev–Trinajstić information content (AvgIpc) is 3.26. The van der Waals surface area contributed by atoms with Crippen molar-refractivity contribution in [2.75, 3.05) is 25.4 Å². The van der Waals surface area contributed by atoms with Crippen LogP contribution in [0.3, 0.4) is 0 Å². The molecule has 1 saturated heterocycles. The van der Waals surface area contributed by atoms with Gasteiger partial charge in [-0.05, 0) is 42.2 Å². The highest BCUT2D eigenvalue weighted by Crippen LogP contribution is 2.46. The predicted octanol–water partition coefficient (Wildman–Crippen LogP) is 2.95. The minimum Gasteiger partial charge on any atom is -0.382 e. The fourth-order valence-corrected chi connectivity index (χ4v) is 5.65. The van der Waals surface area contributed by atoms with Crippen LogP contribution in [0.2, 0.25) is 0 Å². The lowest BCUT2D eigenvalue weighted by Crippen LogP contribution is -2.48. The smallest absolute Gasteiger partial charge is 0.253 e. The normalized spacial score (nSPS) is 17.5. The van der Waals surface area contributed by atoms with Gasteiger partial charge in [0.2, 0.25) is 0 Å². The number of amides is 1. The van der Waals surface area contributed by atoms with Gasteiger partial charge in [0.1, 0.15) is 5.82 Å². The summed E-state index contributed by atoms with van der Waals surface area (Å²) in [6.45, 7) is 2.52. The van der Waals surface area contributed by atoms with Gasteiger partial charge in [-0.2, -0.15) is 0 Å². The molecule has 1 aromatic carbocycles. The first-order valence-corrected chi connectivity index (χ1v) is 11.3. The van der Waals surface area contributed by atoms with Gasteiger partial charge in [0.15, 0.2) is 0 Å². The lowest BCUT2D eigenvalue weighted by molar-refractivity contribution is -0.0926. The molecule has 2 aromatic heterocycles. The summed E-state index contributed by atoms with van der Waals surface area (Å²) in [5.74, 6) is 0.484. The quantitative estimate of drug-likeness (QED) is 0.655. The molecule has 7 nitrogen and oxygen atoms in total. The molecule has 5 rings (SSSR count). The van der Waals surface area contributed by atoms with Crippen LogP contribution >= 0.6 is 11.3 Å². The molecule has 31 heavy (non-hydrogen) atoms. The molecule has 3 aromatic rings. The maximum absolute atomic E-state index is 13.0. The van der Waals surface area contributed by atoms with Crippen LogP contribution in [0.1, 0.15) is 39.2 Å². The average molecular weight is 436 g/mol. The fourth-order valence-electron chi connectivity index (χ4n) is 4.46. The SMILES string of the molecule is NCc1ccc(C(=O)N2CCC3(CC2)OCCc2sc(-c4cnc(N)cn4)cc23)cc1. The first-order chi connectivity index (χ1) is 15.1. The molecule has 0 unspecified atom stereocenters. The topological polar surface area (TPSA) is 107 Å². The highest BCUT2D eigenvalue weighted by atomic mass is 32.1. The van der Waals surface area contributed by atoms with E-state index in [0.717, 1.165) is 35.4 Å². The summed E-state index contributed by atoms with van der Waals surface area (Å²) in [6, 6.07) is 9.76. The van der Waals surface area contributed by atoms with Crippen LogP contribution < -0.4 is 11.5 Å². The second-order valence-corrected chi connectivity index (χ2v) is 9.20. The monoisotopic (exact) mass is 435 g/mol. The van der Waals surface area contributed by atoms with E-state index in [1.807, 2.05) is 29.2 Å². The Bertz CT molecular complexity index is 1090. The molecule has 0 saturated carbocycles. The number of rotatable bonds is 3. The zero-order valence-electron chi connectivity index (χ0n) is 17.2. The molecule has 4 N–H and O–H groups in total. The van der Waals surface area contributed by atoms with E-state index in [0.29, 0.717) is 37.6 Å². The van der Waals surface area contributed by atoms with E-state index in [1.54, 1.807) is 23.7 Å². The Labute approximate surface area is 185 Å². The van der Waals surface area contributed by atoms with Crippen molar-refractivity contribution in [2.45, 2.75) is 31.4 Å². The van der Waals surface area contributed by atoms with Crippen molar-refractivity contribution in [3.63, 3.8) is 0 Å². The highest BCUT2D eigenvalue weighted by Gasteiger charge is 2.43. The Balaban J connectivity index is 1.34. The second kappa shape index (κ2) is 8.03. The summed E-state index contributed by atoms with van der Waals surface area (Å²) in [6.07, 6.45) is 5.79. The summed E-state index contributed by atoms with van der Waals surface area (Å²) in [4.78, 5) is 25.9. The van der Waals surface area contributed by atoms with Gasteiger partial charge in [-0.3, -0.25) is 4.79 Å². The van der Waals surface area contributed by atoms with E-state index in [2.05, 4.69) is 16.0 Å². The van der Waals surface area contributed by atoms with E-state index < -0.39 is 0 Å². The number of ether oxygens (including phenoxy) is 1. The number of nitrogens with zero attached hydrogens (tertiary/aromatic N) is 3. The minimum atomic E-state index is -0.330. The van der Waals surface area contributed by atoms with Gasteiger partial charge in [0.25, 0.3) is 5.91 Å². The predicted molar refractivity (Wildman–Crippen MR) is 121 cm³/mol. The van der Waals surface area contributed by atoms with Crippen LogP contribution in [-0.2, 0) is 23.3 Å². The number of carbonyl (C=O) groups excluding carboxylic acids is 1. The van der Waals surface area contributed by atoms with E-state index in [1.165, 1.54) is 10.4 Å². The molecule has 2 aliphatic heterocycles. The minimum absolute atomic E-state index is 0.0672. The third kappa shape index (κ3) is 3.71. The Kier molecular flexibility index (Phi) is 5.21. The van der Waals surface area contributed by atoms with Gasteiger partial charge in [-0.25, -0.2) is 9.97 Å². The van der Waals surface area contributed by atoms with Gasteiger partial charge in [-0.1, -0.05) is 12.1 Å². The van der Waals surface area contributed by atoms with Crippen molar-refractivity contribution in [3.05, 3.63) is 64.3 Å². The van der Waals surface area contributed by atoms with E-state index in [9.17, 15) is 4.79 Å². The zero-order chi connectivity index (χ0) is 21.4. The third-order valence-electron chi connectivity index (χ3n) is 6.23. The summed E-state index contributed by atoms with van der Waals surface area (Å²) in [5, 5.41) is 0. The van der Waals surface area contributed by atoms with Gasteiger partial charge in [0.05, 0.1) is 35.2 Å². The number of hydrogen-bond acceptors (Lipinski definition) is 7.